The monoisotopic (exact) mass is 201 g/mol. The molecule has 84 valence electrons. The second kappa shape index (κ2) is 5.10. The molecule has 0 bridgehead atoms. The van der Waals surface area contributed by atoms with Gasteiger partial charge in [-0.2, -0.15) is 0 Å². The molecule has 0 amide bonds. The van der Waals surface area contributed by atoms with Gasteiger partial charge in [0.1, 0.15) is 0 Å². The molecule has 1 aliphatic carbocycles. The lowest BCUT2D eigenvalue weighted by Gasteiger charge is -2.25. The number of rotatable bonds is 7. The maximum Gasteiger partial charge on any atom is 0.0609 e. The van der Waals surface area contributed by atoms with Gasteiger partial charge in [0.15, 0.2) is 0 Å². The van der Waals surface area contributed by atoms with Gasteiger partial charge in [-0.3, -0.25) is 0 Å². The number of nitrogens with two attached hydrogens (primary N) is 1. The van der Waals surface area contributed by atoms with Crippen molar-refractivity contribution in [1.29, 1.82) is 0 Å². The van der Waals surface area contributed by atoms with Crippen LogP contribution in [0.25, 0.3) is 0 Å². The first kappa shape index (κ1) is 12.0. The van der Waals surface area contributed by atoms with Crippen LogP contribution in [0.4, 0.5) is 0 Å². The minimum absolute atomic E-state index is 0.0172. The van der Waals surface area contributed by atoms with Crippen LogP contribution in [-0.4, -0.2) is 30.0 Å². The van der Waals surface area contributed by atoms with Crippen LogP contribution in [0.5, 0.6) is 0 Å². The Morgan fingerprint density at radius 2 is 2.21 bits per heavy atom. The summed E-state index contributed by atoms with van der Waals surface area (Å²) in [6, 6.07) is 0. The molecule has 0 spiro atoms. The second-order valence-corrected chi connectivity index (χ2v) is 4.93. The summed E-state index contributed by atoms with van der Waals surface area (Å²) in [6.45, 7) is 4.73. The van der Waals surface area contributed by atoms with Gasteiger partial charge in [-0.15, -0.1) is 0 Å². The van der Waals surface area contributed by atoms with Crippen molar-refractivity contribution in [2.24, 2.45) is 11.7 Å². The Balaban J connectivity index is 2.04. The normalized spacial score (nSPS) is 23.1. The molecular weight excluding hydrogens is 178 g/mol. The molecule has 0 aliphatic heterocycles. The summed E-state index contributed by atoms with van der Waals surface area (Å²) >= 11 is 0. The van der Waals surface area contributed by atoms with E-state index in [4.69, 9.17) is 15.6 Å². The molecular formula is C11H23NO2. The van der Waals surface area contributed by atoms with Gasteiger partial charge in [0, 0.05) is 12.1 Å². The van der Waals surface area contributed by atoms with Gasteiger partial charge >= 0.3 is 0 Å². The van der Waals surface area contributed by atoms with Crippen molar-refractivity contribution in [3.63, 3.8) is 0 Å². The third-order valence-electron chi connectivity index (χ3n) is 2.74. The van der Waals surface area contributed by atoms with Gasteiger partial charge in [-0.25, -0.2) is 0 Å². The summed E-state index contributed by atoms with van der Waals surface area (Å²) in [5.74, 6) is 0.921. The topological polar surface area (TPSA) is 55.5 Å². The molecule has 1 saturated carbocycles. The highest BCUT2D eigenvalue weighted by Gasteiger charge is 2.23. The SMILES string of the molecule is CC(CC(C)(N)CO)OCCC1CC1. The Kier molecular flexibility index (Phi) is 4.35. The number of ether oxygens (including phenoxy) is 1. The molecule has 0 aromatic heterocycles. The van der Waals surface area contributed by atoms with E-state index in [9.17, 15) is 0 Å². The van der Waals surface area contributed by atoms with Crippen molar-refractivity contribution >= 4 is 0 Å². The van der Waals surface area contributed by atoms with Gasteiger partial charge in [-0.05, 0) is 32.6 Å². The van der Waals surface area contributed by atoms with Crippen molar-refractivity contribution in [2.45, 2.75) is 51.2 Å². The lowest BCUT2D eigenvalue weighted by Crippen LogP contribution is -2.43. The fourth-order valence-electron chi connectivity index (χ4n) is 1.62. The molecule has 2 unspecified atom stereocenters. The highest BCUT2D eigenvalue weighted by molar-refractivity contribution is 4.80. The Morgan fingerprint density at radius 3 is 2.71 bits per heavy atom. The third-order valence-corrected chi connectivity index (χ3v) is 2.74. The molecule has 2 atom stereocenters. The van der Waals surface area contributed by atoms with E-state index >= 15 is 0 Å². The van der Waals surface area contributed by atoms with E-state index in [1.54, 1.807) is 0 Å². The number of hydrogen-bond donors (Lipinski definition) is 2. The Morgan fingerprint density at radius 1 is 1.57 bits per heavy atom. The fraction of sp³-hybridized carbons (Fsp3) is 1.00. The van der Waals surface area contributed by atoms with Crippen LogP contribution >= 0.6 is 0 Å². The summed E-state index contributed by atoms with van der Waals surface area (Å²) in [7, 11) is 0. The first-order chi connectivity index (χ1) is 6.53. The van der Waals surface area contributed by atoms with Crippen molar-refractivity contribution in [3.8, 4) is 0 Å². The number of aliphatic hydroxyl groups excluding tert-OH is 1. The van der Waals surface area contributed by atoms with Gasteiger partial charge in [0.25, 0.3) is 0 Å². The van der Waals surface area contributed by atoms with Gasteiger partial charge in [-0.1, -0.05) is 12.8 Å². The summed E-state index contributed by atoms with van der Waals surface area (Å²) in [5, 5.41) is 8.99. The van der Waals surface area contributed by atoms with Crippen LogP contribution in [0.3, 0.4) is 0 Å². The molecule has 0 heterocycles. The Hall–Kier alpha value is -0.120. The average Bonchev–Trinajstić information content (AvgIpc) is 2.87. The summed E-state index contributed by atoms with van der Waals surface area (Å²) in [5.41, 5.74) is 5.33. The van der Waals surface area contributed by atoms with Gasteiger partial charge < -0.3 is 15.6 Å². The predicted octanol–water partition coefficient (Wildman–Crippen LogP) is 1.29. The van der Waals surface area contributed by atoms with E-state index < -0.39 is 5.54 Å². The molecule has 0 saturated heterocycles. The van der Waals surface area contributed by atoms with Gasteiger partial charge in [0.2, 0.25) is 0 Å². The summed E-state index contributed by atoms with van der Waals surface area (Å²) < 4.78 is 5.64. The average molecular weight is 201 g/mol. The van der Waals surface area contributed by atoms with Crippen LogP contribution in [0, 0.1) is 5.92 Å². The van der Waals surface area contributed by atoms with Crippen LogP contribution < -0.4 is 5.73 Å². The zero-order chi connectivity index (χ0) is 10.6. The molecule has 1 rings (SSSR count). The number of hydrogen-bond acceptors (Lipinski definition) is 3. The van der Waals surface area contributed by atoms with Crippen LogP contribution in [0.1, 0.15) is 39.5 Å². The summed E-state index contributed by atoms with van der Waals surface area (Å²) in [6.07, 6.45) is 4.81. The highest BCUT2D eigenvalue weighted by Crippen LogP contribution is 2.32. The third kappa shape index (κ3) is 4.94. The van der Waals surface area contributed by atoms with Crippen molar-refractivity contribution in [2.75, 3.05) is 13.2 Å². The molecule has 3 nitrogen and oxygen atoms in total. The molecule has 0 radical (unpaired) electrons. The zero-order valence-electron chi connectivity index (χ0n) is 9.33. The maximum absolute atomic E-state index is 8.99. The zero-order valence-corrected chi connectivity index (χ0v) is 9.33. The van der Waals surface area contributed by atoms with Crippen LogP contribution in [0.2, 0.25) is 0 Å². The molecule has 0 aromatic rings. The Labute approximate surface area is 86.6 Å². The van der Waals surface area contributed by atoms with E-state index in [0.29, 0.717) is 6.42 Å². The quantitative estimate of drug-likeness (QED) is 0.652. The Bertz CT molecular complexity index is 167. The molecule has 3 N–H and O–H groups in total. The number of aliphatic hydroxyl groups is 1. The van der Waals surface area contributed by atoms with Crippen molar-refractivity contribution < 1.29 is 9.84 Å². The molecule has 1 aliphatic rings. The lowest BCUT2D eigenvalue weighted by molar-refractivity contribution is 0.0334. The van der Waals surface area contributed by atoms with Gasteiger partial charge in [0.05, 0.1) is 12.7 Å². The highest BCUT2D eigenvalue weighted by atomic mass is 16.5. The molecule has 14 heavy (non-hydrogen) atoms. The first-order valence-corrected chi connectivity index (χ1v) is 5.55. The molecule has 1 fully saturated rings. The standard InChI is InChI=1S/C11H23NO2/c1-9(7-11(2,12)8-13)14-6-5-10-3-4-10/h9-10,13H,3-8,12H2,1-2H3. The lowest BCUT2D eigenvalue weighted by atomic mass is 9.97. The van der Waals surface area contributed by atoms with Crippen molar-refractivity contribution in [3.05, 3.63) is 0 Å². The summed E-state index contributed by atoms with van der Waals surface area (Å²) in [4.78, 5) is 0. The van der Waals surface area contributed by atoms with Crippen LogP contribution in [0.15, 0.2) is 0 Å². The molecule has 3 heteroatoms. The maximum atomic E-state index is 8.99. The van der Waals surface area contributed by atoms with Crippen molar-refractivity contribution in [1.82, 2.24) is 0 Å². The largest absolute Gasteiger partial charge is 0.394 e. The first-order valence-electron chi connectivity index (χ1n) is 5.55. The fourth-order valence-corrected chi connectivity index (χ4v) is 1.62. The second-order valence-electron chi connectivity index (χ2n) is 4.93. The van der Waals surface area contributed by atoms with E-state index in [2.05, 4.69) is 0 Å². The van der Waals surface area contributed by atoms with E-state index in [1.807, 2.05) is 13.8 Å². The minimum Gasteiger partial charge on any atom is -0.394 e. The predicted molar refractivity (Wildman–Crippen MR) is 57.1 cm³/mol. The van der Waals surface area contributed by atoms with E-state index in [1.165, 1.54) is 19.3 Å². The van der Waals surface area contributed by atoms with E-state index in [0.717, 1.165) is 12.5 Å². The smallest absolute Gasteiger partial charge is 0.0609 e. The molecule has 0 aromatic carbocycles. The minimum atomic E-state index is -0.501. The van der Waals surface area contributed by atoms with Crippen LogP contribution in [-0.2, 0) is 4.74 Å². The van der Waals surface area contributed by atoms with E-state index in [-0.39, 0.29) is 12.7 Å².